The number of esters is 1. The molecule has 0 heterocycles. The standard InChI is InChI=1S/C18H30ClNO2/c1-13(2)22-16(21)14-7-11-18(6,12-8-14)15(20-19)9-10-17(3,4)5/h7-8,11,13,15,20H,9-10,12H2,1-6H3/t15-,18?/m1/s1. The van der Waals surface area contributed by atoms with E-state index in [9.17, 15) is 4.79 Å². The molecule has 0 aromatic heterocycles. The van der Waals surface area contributed by atoms with Crippen molar-refractivity contribution in [1.82, 2.24) is 4.84 Å². The third-order valence-corrected chi connectivity index (χ3v) is 4.36. The van der Waals surface area contributed by atoms with Crippen molar-refractivity contribution in [2.75, 3.05) is 0 Å². The van der Waals surface area contributed by atoms with Crippen molar-refractivity contribution in [2.24, 2.45) is 10.8 Å². The minimum atomic E-state index is -0.252. The van der Waals surface area contributed by atoms with Gasteiger partial charge in [-0.25, -0.2) is 9.63 Å². The van der Waals surface area contributed by atoms with Gasteiger partial charge in [0.25, 0.3) is 0 Å². The highest BCUT2D eigenvalue weighted by Gasteiger charge is 2.33. The zero-order chi connectivity index (χ0) is 17.0. The lowest BCUT2D eigenvalue weighted by atomic mass is 9.73. The molecule has 22 heavy (non-hydrogen) atoms. The van der Waals surface area contributed by atoms with Gasteiger partial charge in [0.05, 0.1) is 11.7 Å². The van der Waals surface area contributed by atoms with E-state index in [0.29, 0.717) is 5.57 Å². The molecular formula is C18H30ClNO2. The molecule has 0 saturated heterocycles. The highest BCUT2D eigenvalue weighted by molar-refractivity contribution is 6.13. The Morgan fingerprint density at radius 2 is 2.09 bits per heavy atom. The third-order valence-electron chi connectivity index (χ3n) is 4.09. The minimum absolute atomic E-state index is 0.0887. The van der Waals surface area contributed by atoms with Gasteiger partial charge in [0.2, 0.25) is 0 Å². The van der Waals surface area contributed by atoms with Crippen LogP contribution in [0.25, 0.3) is 0 Å². The van der Waals surface area contributed by atoms with Crippen LogP contribution in [0.5, 0.6) is 0 Å². The number of allylic oxidation sites excluding steroid dienone is 1. The molecular weight excluding hydrogens is 298 g/mol. The summed E-state index contributed by atoms with van der Waals surface area (Å²) in [7, 11) is 0. The predicted octanol–water partition coefficient (Wildman–Crippen LogP) is 4.77. The van der Waals surface area contributed by atoms with Crippen molar-refractivity contribution in [3.8, 4) is 0 Å². The SMILES string of the molecule is CC(C)OC(=O)C1=CCC(C)([C@@H](CCC(C)(C)C)NCl)C=C1. The monoisotopic (exact) mass is 327 g/mol. The molecule has 1 aliphatic carbocycles. The van der Waals surface area contributed by atoms with E-state index < -0.39 is 0 Å². The Morgan fingerprint density at radius 3 is 2.50 bits per heavy atom. The van der Waals surface area contributed by atoms with Crippen LogP contribution >= 0.6 is 11.8 Å². The largest absolute Gasteiger partial charge is 0.459 e. The average molecular weight is 328 g/mol. The molecule has 3 nitrogen and oxygen atoms in total. The zero-order valence-electron chi connectivity index (χ0n) is 14.7. The molecule has 2 atom stereocenters. The van der Waals surface area contributed by atoms with Gasteiger partial charge in [0, 0.05) is 11.5 Å². The second-order valence-electron chi connectivity index (χ2n) is 7.92. The summed E-state index contributed by atoms with van der Waals surface area (Å²) in [5.41, 5.74) is 0.826. The Labute approximate surface area is 140 Å². The molecule has 0 fully saturated rings. The van der Waals surface area contributed by atoms with Crippen LogP contribution < -0.4 is 4.84 Å². The molecule has 0 spiro atoms. The van der Waals surface area contributed by atoms with Gasteiger partial charge in [-0.05, 0) is 50.3 Å². The van der Waals surface area contributed by atoms with E-state index in [1.165, 1.54) is 0 Å². The maximum Gasteiger partial charge on any atom is 0.338 e. The lowest BCUT2D eigenvalue weighted by Gasteiger charge is -2.36. The second kappa shape index (κ2) is 7.65. The lowest BCUT2D eigenvalue weighted by molar-refractivity contribution is -0.142. The Morgan fingerprint density at radius 1 is 1.45 bits per heavy atom. The number of hydrogen-bond donors (Lipinski definition) is 1. The summed E-state index contributed by atoms with van der Waals surface area (Å²) < 4.78 is 5.24. The summed E-state index contributed by atoms with van der Waals surface area (Å²) in [5.74, 6) is -0.252. The van der Waals surface area contributed by atoms with Crippen molar-refractivity contribution in [2.45, 2.75) is 73.0 Å². The normalized spacial score (nSPS) is 23.4. The van der Waals surface area contributed by atoms with E-state index in [1.807, 2.05) is 26.0 Å². The maximum absolute atomic E-state index is 11.9. The summed E-state index contributed by atoms with van der Waals surface area (Å²) >= 11 is 5.99. The van der Waals surface area contributed by atoms with E-state index >= 15 is 0 Å². The fourth-order valence-corrected chi connectivity index (χ4v) is 2.88. The van der Waals surface area contributed by atoms with Gasteiger partial charge in [-0.1, -0.05) is 45.9 Å². The minimum Gasteiger partial charge on any atom is -0.459 e. The first-order chi connectivity index (χ1) is 10.1. The molecule has 0 radical (unpaired) electrons. The van der Waals surface area contributed by atoms with Crippen LogP contribution in [0.1, 0.15) is 60.8 Å². The zero-order valence-corrected chi connectivity index (χ0v) is 15.5. The van der Waals surface area contributed by atoms with Gasteiger partial charge in [0.1, 0.15) is 0 Å². The summed E-state index contributed by atoms with van der Waals surface area (Å²) in [6.45, 7) is 12.6. The molecule has 1 N–H and O–H groups in total. The van der Waals surface area contributed by atoms with Crippen LogP contribution in [-0.2, 0) is 9.53 Å². The van der Waals surface area contributed by atoms with E-state index in [2.05, 4.69) is 38.6 Å². The van der Waals surface area contributed by atoms with Crippen LogP contribution in [0.4, 0.5) is 0 Å². The molecule has 0 amide bonds. The molecule has 1 aliphatic rings. The Kier molecular flexibility index (Phi) is 6.69. The predicted molar refractivity (Wildman–Crippen MR) is 92.6 cm³/mol. The van der Waals surface area contributed by atoms with Crippen LogP contribution in [0, 0.1) is 10.8 Å². The van der Waals surface area contributed by atoms with Crippen LogP contribution in [0.15, 0.2) is 23.8 Å². The topological polar surface area (TPSA) is 38.3 Å². The fraction of sp³-hybridized carbons (Fsp3) is 0.722. The number of hydrogen-bond acceptors (Lipinski definition) is 3. The van der Waals surface area contributed by atoms with Crippen molar-refractivity contribution < 1.29 is 9.53 Å². The molecule has 0 aromatic rings. The van der Waals surface area contributed by atoms with Crippen LogP contribution in [-0.4, -0.2) is 18.1 Å². The van der Waals surface area contributed by atoms with Crippen LogP contribution in [0.2, 0.25) is 0 Å². The van der Waals surface area contributed by atoms with Gasteiger partial charge in [0.15, 0.2) is 0 Å². The summed E-state index contributed by atoms with van der Waals surface area (Å²) in [4.78, 5) is 14.9. The lowest BCUT2D eigenvalue weighted by Crippen LogP contribution is -2.39. The molecule has 0 bridgehead atoms. The van der Waals surface area contributed by atoms with Gasteiger partial charge in [-0.3, -0.25) is 0 Å². The van der Waals surface area contributed by atoms with E-state index in [0.717, 1.165) is 19.3 Å². The molecule has 1 unspecified atom stereocenters. The van der Waals surface area contributed by atoms with E-state index in [1.54, 1.807) is 0 Å². The molecule has 0 aromatic carbocycles. The quantitative estimate of drug-likeness (QED) is 0.564. The highest BCUT2D eigenvalue weighted by atomic mass is 35.5. The van der Waals surface area contributed by atoms with E-state index in [4.69, 9.17) is 16.5 Å². The van der Waals surface area contributed by atoms with Gasteiger partial charge in [-0.2, -0.15) is 0 Å². The number of rotatable bonds is 6. The van der Waals surface area contributed by atoms with Crippen molar-refractivity contribution in [3.63, 3.8) is 0 Å². The highest BCUT2D eigenvalue weighted by Crippen LogP contribution is 2.37. The fourth-order valence-electron chi connectivity index (χ4n) is 2.52. The first-order valence-corrected chi connectivity index (χ1v) is 8.42. The Balaban J connectivity index is 2.71. The number of carbonyl (C=O) groups excluding carboxylic acids is 1. The van der Waals surface area contributed by atoms with Crippen molar-refractivity contribution in [3.05, 3.63) is 23.8 Å². The average Bonchev–Trinajstić information content (AvgIpc) is 2.37. The number of ether oxygens (including phenoxy) is 1. The smallest absolute Gasteiger partial charge is 0.338 e. The molecule has 126 valence electrons. The van der Waals surface area contributed by atoms with Gasteiger partial charge < -0.3 is 4.74 Å². The Hall–Kier alpha value is -0.800. The third kappa shape index (κ3) is 5.77. The number of carbonyl (C=O) groups is 1. The molecule has 1 rings (SSSR count). The van der Waals surface area contributed by atoms with Gasteiger partial charge in [-0.15, -0.1) is 0 Å². The molecule has 0 aliphatic heterocycles. The van der Waals surface area contributed by atoms with Crippen molar-refractivity contribution in [1.29, 1.82) is 0 Å². The molecule has 4 heteroatoms. The Bertz CT molecular complexity index is 448. The maximum atomic E-state index is 11.9. The summed E-state index contributed by atoms with van der Waals surface area (Å²) in [6.07, 6.45) is 8.68. The summed E-state index contributed by atoms with van der Waals surface area (Å²) in [5, 5.41) is 0. The van der Waals surface area contributed by atoms with E-state index in [-0.39, 0.29) is 28.9 Å². The number of halogens is 1. The van der Waals surface area contributed by atoms with Gasteiger partial charge >= 0.3 is 5.97 Å². The first-order valence-electron chi connectivity index (χ1n) is 8.04. The second-order valence-corrected chi connectivity index (χ2v) is 8.14. The van der Waals surface area contributed by atoms with Crippen molar-refractivity contribution >= 4 is 17.7 Å². The number of nitrogens with one attached hydrogen (secondary N) is 1. The summed E-state index contributed by atoms with van der Waals surface area (Å²) in [6, 6.07) is 0.170. The molecule has 0 saturated carbocycles. The first kappa shape index (κ1) is 19.2. The van der Waals surface area contributed by atoms with Crippen LogP contribution in [0.3, 0.4) is 0 Å².